The molecule has 0 saturated carbocycles. The number of nitriles is 1. The second-order valence-electron chi connectivity index (χ2n) is 3.51. The lowest BCUT2D eigenvalue weighted by atomic mass is 10.2. The second-order valence-corrected chi connectivity index (χ2v) is 4.42. The lowest BCUT2D eigenvalue weighted by Gasteiger charge is -2.08. The van der Waals surface area contributed by atoms with E-state index in [9.17, 15) is 0 Å². The Labute approximate surface area is 108 Å². The van der Waals surface area contributed by atoms with Gasteiger partial charge in [-0.15, -0.1) is 0 Å². The molecule has 0 saturated heterocycles. The number of aromatic nitrogens is 1. The van der Waals surface area contributed by atoms with Gasteiger partial charge in [0.15, 0.2) is 0 Å². The van der Waals surface area contributed by atoms with Gasteiger partial charge in [0, 0.05) is 16.7 Å². The first kappa shape index (κ1) is 11.6. The van der Waals surface area contributed by atoms with Crippen LogP contribution >= 0.6 is 15.9 Å². The SMILES string of the molecule is Cc1ccc(Br)cc1Oc1cc(C#N)ccn1. The van der Waals surface area contributed by atoms with E-state index in [1.165, 1.54) is 0 Å². The molecule has 0 radical (unpaired) electrons. The maximum Gasteiger partial charge on any atom is 0.220 e. The van der Waals surface area contributed by atoms with Gasteiger partial charge in [0.25, 0.3) is 0 Å². The molecule has 1 aromatic heterocycles. The topological polar surface area (TPSA) is 45.9 Å². The van der Waals surface area contributed by atoms with Crippen LogP contribution in [0.3, 0.4) is 0 Å². The highest BCUT2D eigenvalue weighted by molar-refractivity contribution is 9.10. The zero-order chi connectivity index (χ0) is 12.3. The van der Waals surface area contributed by atoms with Crippen LogP contribution in [-0.4, -0.2) is 4.98 Å². The Bertz CT molecular complexity index is 590. The van der Waals surface area contributed by atoms with Crippen molar-refractivity contribution >= 4 is 15.9 Å². The normalized spacial score (nSPS) is 9.71. The Morgan fingerprint density at radius 3 is 2.88 bits per heavy atom. The van der Waals surface area contributed by atoms with E-state index in [-0.39, 0.29) is 0 Å². The summed E-state index contributed by atoms with van der Waals surface area (Å²) in [6, 6.07) is 11.1. The number of halogens is 1. The van der Waals surface area contributed by atoms with Crippen LogP contribution in [0.15, 0.2) is 41.0 Å². The summed E-state index contributed by atoms with van der Waals surface area (Å²) < 4.78 is 6.58. The van der Waals surface area contributed by atoms with Crippen molar-refractivity contribution in [2.75, 3.05) is 0 Å². The van der Waals surface area contributed by atoms with Gasteiger partial charge in [-0.2, -0.15) is 5.26 Å². The van der Waals surface area contributed by atoms with Crippen molar-refractivity contribution in [2.24, 2.45) is 0 Å². The molecule has 2 rings (SSSR count). The van der Waals surface area contributed by atoms with Gasteiger partial charge >= 0.3 is 0 Å². The molecule has 0 fully saturated rings. The first-order chi connectivity index (χ1) is 8.19. The molecule has 0 spiro atoms. The first-order valence-corrected chi connectivity index (χ1v) is 5.78. The van der Waals surface area contributed by atoms with Gasteiger partial charge in [0.1, 0.15) is 5.75 Å². The first-order valence-electron chi connectivity index (χ1n) is 4.99. The van der Waals surface area contributed by atoms with E-state index in [2.05, 4.69) is 20.9 Å². The van der Waals surface area contributed by atoms with Crippen LogP contribution in [0.1, 0.15) is 11.1 Å². The molecule has 1 aromatic carbocycles. The highest BCUT2D eigenvalue weighted by atomic mass is 79.9. The average Bonchev–Trinajstić information content (AvgIpc) is 2.34. The number of pyridine rings is 1. The molecule has 84 valence electrons. The van der Waals surface area contributed by atoms with Gasteiger partial charge in [0.2, 0.25) is 5.88 Å². The minimum Gasteiger partial charge on any atom is -0.439 e. The molecule has 0 amide bonds. The van der Waals surface area contributed by atoms with Crippen molar-refractivity contribution in [3.05, 3.63) is 52.1 Å². The molecule has 17 heavy (non-hydrogen) atoms. The summed E-state index contributed by atoms with van der Waals surface area (Å²) >= 11 is 3.39. The molecule has 0 atom stereocenters. The third-order valence-electron chi connectivity index (χ3n) is 2.23. The molecule has 2 aromatic rings. The van der Waals surface area contributed by atoms with Gasteiger partial charge < -0.3 is 4.74 Å². The minimum absolute atomic E-state index is 0.422. The quantitative estimate of drug-likeness (QED) is 0.844. The predicted octanol–water partition coefficient (Wildman–Crippen LogP) is 3.82. The van der Waals surface area contributed by atoms with Gasteiger partial charge in [0.05, 0.1) is 11.6 Å². The molecule has 0 aliphatic heterocycles. The molecule has 1 heterocycles. The van der Waals surface area contributed by atoms with E-state index in [1.807, 2.05) is 31.2 Å². The van der Waals surface area contributed by atoms with E-state index in [1.54, 1.807) is 18.3 Å². The van der Waals surface area contributed by atoms with Crippen molar-refractivity contribution in [2.45, 2.75) is 6.92 Å². The summed E-state index contributed by atoms with van der Waals surface area (Å²) in [7, 11) is 0. The monoisotopic (exact) mass is 288 g/mol. The molecule has 3 nitrogen and oxygen atoms in total. The zero-order valence-electron chi connectivity index (χ0n) is 9.14. The fourth-order valence-corrected chi connectivity index (χ4v) is 1.67. The molecular formula is C13H9BrN2O. The van der Waals surface area contributed by atoms with Gasteiger partial charge in [-0.05, 0) is 30.7 Å². The van der Waals surface area contributed by atoms with Gasteiger partial charge in [-0.1, -0.05) is 22.0 Å². The number of benzene rings is 1. The summed E-state index contributed by atoms with van der Waals surface area (Å²) in [5.74, 6) is 1.15. The van der Waals surface area contributed by atoms with Gasteiger partial charge in [-0.25, -0.2) is 4.98 Å². The number of nitrogens with zero attached hydrogens (tertiary/aromatic N) is 2. The summed E-state index contributed by atoms with van der Waals surface area (Å²) in [5, 5.41) is 8.79. The number of hydrogen-bond donors (Lipinski definition) is 0. The van der Waals surface area contributed by atoms with E-state index in [0.29, 0.717) is 11.4 Å². The fraction of sp³-hybridized carbons (Fsp3) is 0.0769. The van der Waals surface area contributed by atoms with E-state index in [0.717, 1.165) is 15.8 Å². The van der Waals surface area contributed by atoms with Crippen molar-refractivity contribution in [1.29, 1.82) is 5.26 Å². The number of ether oxygens (including phenoxy) is 1. The standard InChI is InChI=1S/C13H9BrN2O/c1-9-2-3-11(14)7-12(9)17-13-6-10(8-15)4-5-16-13/h2-7H,1H3. The van der Waals surface area contributed by atoms with E-state index in [4.69, 9.17) is 10.00 Å². The van der Waals surface area contributed by atoms with Crippen LogP contribution in [0, 0.1) is 18.3 Å². The average molecular weight is 289 g/mol. The smallest absolute Gasteiger partial charge is 0.220 e. The lowest BCUT2D eigenvalue weighted by molar-refractivity contribution is 0.459. The molecule has 0 bridgehead atoms. The summed E-state index contributed by atoms with van der Waals surface area (Å²) in [6.07, 6.45) is 1.56. The summed E-state index contributed by atoms with van der Waals surface area (Å²) in [4.78, 5) is 4.06. The van der Waals surface area contributed by atoms with Crippen LogP contribution in [0.4, 0.5) is 0 Å². The summed E-state index contributed by atoms with van der Waals surface area (Å²) in [6.45, 7) is 1.95. The van der Waals surface area contributed by atoms with Crippen LogP contribution in [0.2, 0.25) is 0 Å². The third-order valence-corrected chi connectivity index (χ3v) is 2.72. The van der Waals surface area contributed by atoms with Crippen LogP contribution in [-0.2, 0) is 0 Å². The molecule has 0 aliphatic rings. The Balaban J connectivity index is 2.31. The lowest BCUT2D eigenvalue weighted by Crippen LogP contribution is -1.90. The van der Waals surface area contributed by atoms with Crippen molar-refractivity contribution in [3.8, 4) is 17.7 Å². The highest BCUT2D eigenvalue weighted by Crippen LogP contribution is 2.27. The fourth-order valence-electron chi connectivity index (χ4n) is 1.33. The molecule has 4 heteroatoms. The van der Waals surface area contributed by atoms with Crippen LogP contribution in [0.25, 0.3) is 0 Å². The van der Waals surface area contributed by atoms with Crippen LogP contribution in [0.5, 0.6) is 11.6 Å². The third kappa shape index (κ3) is 2.83. The van der Waals surface area contributed by atoms with Crippen molar-refractivity contribution < 1.29 is 4.74 Å². The second kappa shape index (κ2) is 4.98. The van der Waals surface area contributed by atoms with E-state index >= 15 is 0 Å². The largest absolute Gasteiger partial charge is 0.439 e. The Kier molecular flexibility index (Phi) is 3.40. The van der Waals surface area contributed by atoms with Gasteiger partial charge in [-0.3, -0.25) is 0 Å². The Morgan fingerprint density at radius 2 is 2.12 bits per heavy atom. The van der Waals surface area contributed by atoms with E-state index < -0.39 is 0 Å². The highest BCUT2D eigenvalue weighted by Gasteiger charge is 2.04. The van der Waals surface area contributed by atoms with Crippen molar-refractivity contribution in [3.63, 3.8) is 0 Å². The minimum atomic E-state index is 0.422. The Morgan fingerprint density at radius 1 is 1.29 bits per heavy atom. The maximum absolute atomic E-state index is 8.79. The molecule has 0 unspecified atom stereocenters. The Hall–Kier alpha value is -1.86. The summed E-state index contributed by atoms with van der Waals surface area (Å²) in [5.41, 5.74) is 1.54. The number of rotatable bonds is 2. The molecular weight excluding hydrogens is 280 g/mol. The number of hydrogen-bond acceptors (Lipinski definition) is 3. The predicted molar refractivity (Wildman–Crippen MR) is 67.9 cm³/mol. The molecule has 0 aliphatic carbocycles. The van der Waals surface area contributed by atoms with Crippen molar-refractivity contribution in [1.82, 2.24) is 4.98 Å². The maximum atomic E-state index is 8.79. The zero-order valence-corrected chi connectivity index (χ0v) is 10.7. The number of aryl methyl sites for hydroxylation is 1. The van der Waals surface area contributed by atoms with Crippen LogP contribution < -0.4 is 4.74 Å². The molecule has 0 N–H and O–H groups in total.